The predicted molar refractivity (Wildman–Crippen MR) is 127 cm³/mol. The van der Waals surface area contributed by atoms with Crippen LogP contribution >= 0.6 is 34.5 Å². The Balaban J connectivity index is 2.08. The fourth-order valence-corrected chi connectivity index (χ4v) is 5.09. The highest BCUT2D eigenvalue weighted by atomic mass is 35.5. The zero-order chi connectivity index (χ0) is 25.6. The van der Waals surface area contributed by atoms with Crippen molar-refractivity contribution in [2.45, 2.75) is 51.2 Å². The number of nitrogens with zero attached hydrogens (tertiary/aromatic N) is 2. The highest BCUT2D eigenvalue weighted by molar-refractivity contribution is 7.17. The quantitative estimate of drug-likeness (QED) is 0.510. The average molecular weight is 536 g/mol. The number of nitrogens with one attached hydrogen (secondary N) is 1. The normalized spacial score (nSPS) is 16.1. The van der Waals surface area contributed by atoms with Gasteiger partial charge in [-0.2, -0.15) is 0 Å². The third kappa shape index (κ3) is 5.85. The summed E-state index contributed by atoms with van der Waals surface area (Å²) < 4.78 is 27.5. The minimum atomic E-state index is -3.01. The number of halogens is 4. The van der Waals surface area contributed by atoms with Gasteiger partial charge in [0.25, 0.3) is 17.7 Å². The predicted octanol–water partition coefficient (Wildman–Crippen LogP) is 4.33. The second-order valence-electron chi connectivity index (χ2n) is 9.37. The summed E-state index contributed by atoms with van der Waals surface area (Å²) in [5.41, 5.74) is -2.06. The van der Waals surface area contributed by atoms with Crippen LogP contribution in [0.5, 0.6) is 0 Å². The van der Waals surface area contributed by atoms with Crippen molar-refractivity contribution in [3.8, 4) is 10.4 Å². The molecule has 3 rings (SSSR count). The minimum absolute atomic E-state index is 0.0224. The van der Waals surface area contributed by atoms with E-state index in [4.69, 9.17) is 23.2 Å². The van der Waals surface area contributed by atoms with Crippen LogP contribution in [0.2, 0.25) is 10.0 Å². The monoisotopic (exact) mass is 535 g/mol. The lowest BCUT2D eigenvalue weighted by atomic mass is 9.96. The fourth-order valence-electron chi connectivity index (χ4n) is 3.37. The van der Waals surface area contributed by atoms with Gasteiger partial charge >= 0.3 is 0 Å². The maximum atomic E-state index is 13.8. The summed E-state index contributed by atoms with van der Waals surface area (Å²) in [4.78, 5) is 31.1. The van der Waals surface area contributed by atoms with E-state index in [1.54, 1.807) is 0 Å². The van der Waals surface area contributed by atoms with Gasteiger partial charge in [0, 0.05) is 30.6 Å². The molecule has 2 heterocycles. The first-order valence-electron chi connectivity index (χ1n) is 10.4. The van der Waals surface area contributed by atoms with Crippen LogP contribution in [0.15, 0.2) is 12.1 Å². The number of rotatable bonds is 6. The molecule has 1 aromatic carbocycles. The molecule has 0 bridgehead atoms. The highest BCUT2D eigenvalue weighted by Crippen LogP contribution is 2.43. The molecular formula is C22H25Cl2F2N3O4S. The number of hydrogen-bond donors (Lipinski definition) is 3. The van der Waals surface area contributed by atoms with Crippen LogP contribution in [0, 0.1) is 0 Å². The lowest BCUT2D eigenvalue weighted by Gasteiger charge is -2.21. The van der Waals surface area contributed by atoms with Gasteiger partial charge in [-0.3, -0.25) is 9.59 Å². The van der Waals surface area contributed by atoms with Gasteiger partial charge in [-0.25, -0.2) is 13.8 Å². The molecule has 2 amide bonds. The molecule has 2 aromatic rings. The van der Waals surface area contributed by atoms with Gasteiger partial charge in [-0.15, -0.1) is 11.3 Å². The van der Waals surface area contributed by atoms with E-state index < -0.39 is 41.9 Å². The molecule has 0 unspecified atom stereocenters. The first-order chi connectivity index (χ1) is 15.5. The molecule has 1 aliphatic heterocycles. The average Bonchev–Trinajstić information content (AvgIpc) is 3.29. The van der Waals surface area contributed by atoms with E-state index >= 15 is 0 Å². The van der Waals surface area contributed by atoms with Crippen LogP contribution in [0.1, 0.15) is 60.0 Å². The minimum Gasteiger partial charge on any atom is -0.389 e. The summed E-state index contributed by atoms with van der Waals surface area (Å²) in [5, 5.41) is 22.7. The summed E-state index contributed by atoms with van der Waals surface area (Å²) in [6.07, 6.45) is -0.468. The molecule has 0 spiro atoms. The molecule has 0 radical (unpaired) electrons. The second-order valence-corrected chi connectivity index (χ2v) is 11.1. The Morgan fingerprint density at radius 3 is 2.38 bits per heavy atom. The third-order valence-corrected chi connectivity index (χ3v) is 7.12. The summed E-state index contributed by atoms with van der Waals surface area (Å²) in [5.74, 6) is -4.41. The van der Waals surface area contributed by atoms with Crippen LogP contribution in [-0.4, -0.2) is 63.1 Å². The fraction of sp³-hybridized carbons (Fsp3) is 0.500. The number of carbonyl (C=O) groups excluding carboxylic acids is 2. The van der Waals surface area contributed by atoms with Gasteiger partial charge in [-0.05, 0) is 27.7 Å². The topological polar surface area (TPSA) is 103 Å². The van der Waals surface area contributed by atoms with Gasteiger partial charge in [0.05, 0.1) is 32.7 Å². The van der Waals surface area contributed by atoms with Gasteiger partial charge in [0.15, 0.2) is 5.01 Å². The van der Waals surface area contributed by atoms with Gasteiger partial charge in [-0.1, -0.05) is 35.3 Å². The van der Waals surface area contributed by atoms with Crippen molar-refractivity contribution in [1.82, 2.24) is 15.2 Å². The molecule has 12 heteroatoms. The summed E-state index contributed by atoms with van der Waals surface area (Å²) in [6, 6.07) is 3.07. The Kier molecular flexibility index (Phi) is 7.32. The van der Waals surface area contributed by atoms with Crippen LogP contribution in [-0.2, 0) is 5.60 Å². The molecule has 1 aliphatic rings. The molecular weight excluding hydrogens is 511 g/mol. The number of aromatic nitrogens is 1. The third-order valence-electron chi connectivity index (χ3n) is 5.15. The van der Waals surface area contributed by atoms with E-state index in [0.717, 1.165) is 16.2 Å². The lowest BCUT2D eigenvalue weighted by molar-refractivity contribution is 0.0119. The van der Waals surface area contributed by atoms with Crippen LogP contribution in [0.25, 0.3) is 10.4 Å². The Bertz CT molecular complexity index is 1130. The van der Waals surface area contributed by atoms with E-state index in [-0.39, 0.29) is 44.3 Å². The molecule has 1 fully saturated rings. The van der Waals surface area contributed by atoms with Crippen molar-refractivity contribution in [3.05, 3.63) is 38.4 Å². The first kappa shape index (κ1) is 26.7. The van der Waals surface area contributed by atoms with E-state index in [0.29, 0.717) is 5.56 Å². The standard InChI is InChI=1S/C22H25Cl2F2N3O4S/c1-20(2,32)9-27-17(30)18-28-15(19(31)29-8-7-22(25,26)10-29)16(34-18)11-5-6-12(21(3,4)33)14(24)13(11)23/h5-6,32-33H,7-10H2,1-4H3,(H,27,30). The zero-order valence-electron chi connectivity index (χ0n) is 19.0. The van der Waals surface area contributed by atoms with Crippen LogP contribution in [0.4, 0.5) is 8.78 Å². The SMILES string of the molecule is CC(C)(O)CNC(=O)c1nc(C(=O)N2CCC(F)(F)C2)c(-c2ccc(C(C)(C)O)c(Cl)c2Cl)s1. The van der Waals surface area contributed by atoms with Crippen molar-refractivity contribution in [2.24, 2.45) is 0 Å². The van der Waals surface area contributed by atoms with E-state index in [1.165, 1.54) is 39.8 Å². The molecule has 1 aromatic heterocycles. The number of aliphatic hydroxyl groups is 2. The Hall–Kier alpha value is -1.85. The Morgan fingerprint density at radius 2 is 1.85 bits per heavy atom. The maximum Gasteiger partial charge on any atom is 0.280 e. The largest absolute Gasteiger partial charge is 0.389 e. The van der Waals surface area contributed by atoms with Crippen LogP contribution < -0.4 is 5.32 Å². The lowest BCUT2D eigenvalue weighted by Crippen LogP contribution is -2.38. The number of hydrogen-bond acceptors (Lipinski definition) is 6. The number of benzene rings is 1. The van der Waals surface area contributed by atoms with Crippen molar-refractivity contribution < 1.29 is 28.6 Å². The second kappa shape index (κ2) is 9.31. The zero-order valence-corrected chi connectivity index (χ0v) is 21.3. The van der Waals surface area contributed by atoms with E-state index in [2.05, 4.69) is 10.3 Å². The van der Waals surface area contributed by atoms with Gasteiger partial charge < -0.3 is 20.4 Å². The van der Waals surface area contributed by atoms with Crippen molar-refractivity contribution >= 4 is 46.4 Å². The number of alkyl halides is 2. The highest BCUT2D eigenvalue weighted by Gasteiger charge is 2.42. The summed E-state index contributed by atoms with van der Waals surface area (Å²) in [6.45, 7) is 5.10. The van der Waals surface area contributed by atoms with E-state index in [9.17, 15) is 28.6 Å². The summed E-state index contributed by atoms with van der Waals surface area (Å²) >= 11 is 13.7. The Morgan fingerprint density at radius 1 is 1.21 bits per heavy atom. The van der Waals surface area contributed by atoms with E-state index in [1.807, 2.05) is 0 Å². The molecule has 0 saturated carbocycles. The first-order valence-corrected chi connectivity index (χ1v) is 12.0. The van der Waals surface area contributed by atoms with Gasteiger partial charge in [0.2, 0.25) is 0 Å². The number of likely N-dealkylation sites (tertiary alicyclic amines) is 1. The van der Waals surface area contributed by atoms with Crippen molar-refractivity contribution in [2.75, 3.05) is 19.6 Å². The number of carbonyl (C=O) groups is 2. The summed E-state index contributed by atoms with van der Waals surface area (Å²) in [7, 11) is 0. The van der Waals surface area contributed by atoms with Crippen molar-refractivity contribution in [3.63, 3.8) is 0 Å². The number of amides is 2. The molecule has 7 nitrogen and oxygen atoms in total. The molecule has 186 valence electrons. The Labute approximate surface area is 209 Å². The van der Waals surface area contributed by atoms with Gasteiger partial charge in [0.1, 0.15) is 5.69 Å². The number of thiazole rings is 1. The van der Waals surface area contributed by atoms with Crippen molar-refractivity contribution in [1.29, 1.82) is 0 Å². The smallest absolute Gasteiger partial charge is 0.280 e. The molecule has 34 heavy (non-hydrogen) atoms. The molecule has 3 N–H and O–H groups in total. The molecule has 0 aliphatic carbocycles. The maximum absolute atomic E-state index is 13.8. The molecule has 1 saturated heterocycles. The van der Waals surface area contributed by atoms with Crippen LogP contribution in [0.3, 0.4) is 0 Å². The molecule has 0 atom stereocenters.